The number of fused-ring (bicyclic) bond motifs is 1. The second-order valence-corrected chi connectivity index (χ2v) is 3.30. The Labute approximate surface area is 86.7 Å². The van der Waals surface area contributed by atoms with Gasteiger partial charge in [0.15, 0.2) is 5.69 Å². The van der Waals surface area contributed by atoms with Crippen LogP contribution in [0.3, 0.4) is 0 Å². The lowest BCUT2D eigenvalue weighted by molar-refractivity contribution is 0.0593. The van der Waals surface area contributed by atoms with Gasteiger partial charge in [0, 0.05) is 12.3 Å². The van der Waals surface area contributed by atoms with Crippen LogP contribution in [0.4, 0.5) is 0 Å². The number of aromatic nitrogens is 3. The minimum atomic E-state index is -0.433. The Hall–Kier alpha value is -1.91. The fourth-order valence-corrected chi connectivity index (χ4v) is 1.42. The summed E-state index contributed by atoms with van der Waals surface area (Å²) >= 11 is 0. The smallest absolute Gasteiger partial charge is 0.358 e. The number of carbonyl (C=O) groups excluding carboxylic acids is 1. The number of carbonyl (C=O) groups is 1. The Morgan fingerprint density at radius 2 is 2.20 bits per heavy atom. The maximum atomic E-state index is 11.3. The minimum Gasteiger partial charge on any atom is -0.464 e. The van der Waals surface area contributed by atoms with Crippen LogP contribution in [-0.4, -0.2) is 27.7 Å². The van der Waals surface area contributed by atoms with Crippen molar-refractivity contribution in [2.24, 2.45) is 0 Å². The summed E-state index contributed by atoms with van der Waals surface area (Å²) in [4.78, 5) is 15.5. The predicted octanol–water partition coefficient (Wildman–Crippen LogP) is 1.13. The summed E-state index contributed by atoms with van der Waals surface area (Å²) in [7, 11) is 1.34. The van der Waals surface area contributed by atoms with E-state index in [0.29, 0.717) is 5.69 Å². The third-order valence-corrected chi connectivity index (χ3v) is 2.25. The Bertz CT molecular complexity index is 492. The van der Waals surface area contributed by atoms with Crippen molar-refractivity contribution in [3.8, 4) is 0 Å². The number of rotatable bonds is 1. The first-order valence-corrected chi connectivity index (χ1v) is 4.54. The highest BCUT2D eigenvalue weighted by atomic mass is 16.5. The molecule has 0 fully saturated rings. The van der Waals surface area contributed by atoms with Gasteiger partial charge in [-0.25, -0.2) is 9.31 Å². The summed E-state index contributed by atoms with van der Waals surface area (Å²) in [5.41, 5.74) is 2.85. The highest BCUT2D eigenvalue weighted by Crippen LogP contribution is 2.12. The van der Waals surface area contributed by atoms with Gasteiger partial charge in [-0.05, 0) is 13.8 Å². The molecule has 78 valence electrons. The van der Waals surface area contributed by atoms with E-state index in [2.05, 4.69) is 14.8 Å². The molecule has 0 amide bonds. The second-order valence-electron chi connectivity index (χ2n) is 3.30. The maximum absolute atomic E-state index is 11.3. The summed E-state index contributed by atoms with van der Waals surface area (Å²) in [6.45, 7) is 3.75. The average Bonchev–Trinajstić information content (AvgIpc) is 2.68. The Kier molecular flexibility index (Phi) is 2.15. The number of aryl methyl sites for hydroxylation is 2. The molecule has 0 radical (unpaired) electrons. The van der Waals surface area contributed by atoms with E-state index in [0.717, 1.165) is 16.9 Å². The van der Waals surface area contributed by atoms with Gasteiger partial charge in [0.1, 0.15) is 0 Å². The number of methoxy groups -OCH3 is 1. The van der Waals surface area contributed by atoms with E-state index in [-0.39, 0.29) is 0 Å². The van der Waals surface area contributed by atoms with Gasteiger partial charge < -0.3 is 4.74 Å². The molecule has 0 unspecified atom stereocenters. The van der Waals surface area contributed by atoms with Crippen molar-refractivity contribution in [2.45, 2.75) is 13.8 Å². The number of ether oxygens (including phenoxy) is 1. The van der Waals surface area contributed by atoms with Crippen molar-refractivity contribution < 1.29 is 9.53 Å². The molecular weight excluding hydrogens is 194 g/mol. The quantitative estimate of drug-likeness (QED) is 0.655. The standard InChI is InChI=1S/C10H11N3O2/c1-6-5-11-7(2)9-4-8(10(14)15-3)12-13(6)9/h4-5H,1-3H3. The normalized spacial score (nSPS) is 10.6. The largest absolute Gasteiger partial charge is 0.464 e. The molecule has 0 atom stereocenters. The van der Waals surface area contributed by atoms with Crippen molar-refractivity contribution in [2.75, 3.05) is 7.11 Å². The SMILES string of the molecule is COC(=O)c1cc2c(C)ncc(C)n2n1. The molecule has 5 heteroatoms. The lowest BCUT2D eigenvalue weighted by atomic mass is 10.3. The van der Waals surface area contributed by atoms with Crippen LogP contribution in [0.1, 0.15) is 21.9 Å². The molecular formula is C10H11N3O2. The van der Waals surface area contributed by atoms with E-state index >= 15 is 0 Å². The van der Waals surface area contributed by atoms with Crippen LogP contribution in [0, 0.1) is 13.8 Å². The van der Waals surface area contributed by atoms with Crippen LogP contribution in [0.5, 0.6) is 0 Å². The summed E-state index contributed by atoms with van der Waals surface area (Å²) in [5, 5.41) is 4.15. The molecule has 5 nitrogen and oxygen atoms in total. The van der Waals surface area contributed by atoms with Crippen LogP contribution in [-0.2, 0) is 4.74 Å². The van der Waals surface area contributed by atoms with E-state index < -0.39 is 5.97 Å². The van der Waals surface area contributed by atoms with E-state index in [1.807, 2.05) is 13.8 Å². The molecule has 0 saturated carbocycles. The molecule has 15 heavy (non-hydrogen) atoms. The van der Waals surface area contributed by atoms with Gasteiger partial charge in [-0.3, -0.25) is 4.98 Å². The van der Waals surface area contributed by atoms with Gasteiger partial charge in [0.25, 0.3) is 0 Å². The van der Waals surface area contributed by atoms with Gasteiger partial charge in [-0.1, -0.05) is 0 Å². The van der Waals surface area contributed by atoms with Crippen molar-refractivity contribution >= 4 is 11.5 Å². The van der Waals surface area contributed by atoms with Crippen LogP contribution in [0.2, 0.25) is 0 Å². The molecule has 0 aliphatic rings. The summed E-state index contributed by atoms with van der Waals surface area (Å²) < 4.78 is 6.30. The predicted molar refractivity (Wildman–Crippen MR) is 53.8 cm³/mol. The summed E-state index contributed by atoms with van der Waals surface area (Å²) in [6, 6.07) is 1.68. The number of nitrogens with zero attached hydrogens (tertiary/aromatic N) is 3. The van der Waals surface area contributed by atoms with E-state index in [1.165, 1.54) is 7.11 Å². The molecule has 0 spiro atoms. The topological polar surface area (TPSA) is 56.5 Å². The Morgan fingerprint density at radius 3 is 2.80 bits per heavy atom. The van der Waals surface area contributed by atoms with Gasteiger partial charge in [-0.15, -0.1) is 0 Å². The van der Waals surface area contributed by atoms with E-state index in [9.17, 15) is 4.79 Å². The first kappa shape index (κ1) is 9.64. The van der Waals surface area contributed by atoms with Crippen LogP contribution >= 0.6 is 0 Å². The zero-order chi connectivity index (χ0) is 11.0. The minimum absolute atomic E-state index is 0.303. The first-order valence-electron chi connectivity index (χ1n) is 4.54. The molecule has 0 aromatic carbocycles. The Morgan fingerprint density at radius 1 is 1.47 bits per heavy atom. The second kappa shape index (κ2) is 3.34. The Balaban J connectivity index is 2.70. The van der Waals surface area contributed by atoms with Crippen LogP contribution in [0.25, 0.3) is 5.52 Å². The number of hydrogen-bond donors (Lipinski definition) is 0. The highest BCUT2D eigenvalue weighted by Gasteiger charge is 2.13. The third-order valence-electron chi connectivity index (χ3n) is 2.25. The van der Waals surface area contributed by atoms with Crippen molar-refractivity contribution in [3.63, 3.8) is 0 Å². The van der Waals surface area contributed by atoms with Crippen molar-refractivity contribution in [1.29, 1.82) is 0 Å². The average molecular weight is 205 g/mol. The zero-order valence-electron chi connectivity index (χ0n) is 8.81. The molecule has 0 N–H and O–H groups in total. The van der Waals surface area contributed by atoms with E-state index in [4.69, 9.17) is 0 Å². The van der Waals surface area contributed by atoms with Crippen LogP contribution in [0.15, 0.2) is 12.3 Å². The molecule has 2 heterocycles. The lowest BCUT2D eigenvalue weighted by Gasteiger charge is -1.99. The van der Waals surface area contributed by atoms with Gasteiger partial charge in [-0.2, -0.15) is 5.10 Å². The van der Waals surface area contributed by atoms with Crippen molar-refractivity contribution in [1.82, 2.24) is 14.6 Å². The number of hydrogen-bond acceptors (Lipinski definition) is 4. The molecule has 2 rings (SSSR count). The monoisotopic (exact) mass is 205 g/mol. The third kappa shape index (κ3) is 1.45. The fourth-order valence-electron chi connectivity index (χ4n) is 1.42. The maximum Gasteiger partial charge on any atom is 0.358 e. The molecule has 0 saturated heterocycles. The number of esters is 1. The lowest BCUT2D eigenvalue weighted by Crippen LogP contribution is -2.03. The van der Waals surface area contributed by atoms with Gasteiger partial charge in [0.05, 0.1) is 24.0 Å². The van der Waals surface area contributed by atoms with Crippen LogP contribution < -0.4 is 0 Å². The molecule has 2 aromatic heterocycles. The fraction of sp³-hybridized carbons (Fsp3) is 0.300. The molecule has 2 aromatic rings. The highest BCUT2D eigenvalue weighted by molar-refractivity contribution is 5.88. The van der Waals surface area contributed by atoms with Gasteiger partial charge in [0.2, 0.25) is 0 Å². The van der Waals surface area contributed by atoms with Crippen molar-refractivity contribution in [3.05, 3.63) is 29.3 Å². The summed E-state index contributed by atoms with van der Waals surface area (Å²) in [6.07, 6.45) is 1.72. The summed E-state index contributed by atoms with van der Waals surface area (Å²) in [5.74, 6) is -0.433. The molecule has 0 bridgehead atoms. The zero-order valence-corrected chi connectivity index (χ0v) is 8.81. The first-order chi connectivity index (χ1) is 7.13. The molecule has 0 aliphatic carbocycles. The molecule has 0 aliphatic heterocycles. The van der Waals surface area contributed by atoms with E-state index in [1.54, 1.807) is 16.8 Å². The van der Waals surface area contributed by atoms with Gasteiger partial charge >= 0.3 is 5.97 Å².